The van der Waals surface area contributed by atoms with Crippen LogP contribution in [0.3, 0.4) is 0 Å². The van der Waals surface area contributed by atoms with Gasteiger partial charge >= 0.3 is 0 Å². The van der Waals surface area contributed by atoms with Crippen LogP contribution in [-0.2, 0) is 0 Å². The third-order valence-electron chi connectivity index (χ3n) is 3.99. The van der Waals surface area contributed by atoms with Gasteiger partial charge in [0.2, 0.25) is 0 Å². The van der Waals surface area contributed by atoms with Crippen LogP contribution in [0.15, 0.2) is 48.5 Å². The van der Waals surface area contributed by atoms with E-state index in [1.54, 1.807) is 0 Å². The molecule has 1 nitrogen and oxygen atoms in total. The Morgan fingerprint density at radius 1 is 1.00 bits per heavy atom. The summed E-state index contributed by atoms with van der Waals surface area (Å²) in [4.78, 5) is 0. The smallest absolute Gasteiger partial charge is 0.104 e. The fraction of sp³-hybridized carbons (Fsp3) is 0.294. The Balaban J connectivity index is 1.86. The predicted octanol–water partition coefficient (Wildman–Crippen LogP) is 4.64. The normalized spacial score (nSPS) is 16.9. The molecular formula is C17H17IO. The standard InChI is InChI=1S/C17H17IO/c18-16-9-7-13(8-10-16)17(19)15-6-2-5-14(11-15)12-3-1-4-12/h2,5-12,17,19H,1,3-4H2. The van der Waals surface area contributed by atoms with Gasteiger partial charge in [0.15, 0.2) is 0 Å². The third kappa shape index (κ3) is 2.84. The monoisotopic (exact) mass is 364 g/mol. The summed E-state index contributed by atoms with van der Waals surface area (Å²) in [6.07, 6.45) is 3.41. The van der Waals surface area contributed by atoms with Crippen LogP contribution < -0.4 is 0 Å². The van der Waals surface area contributed by atoms with Crippen LogP contribution in [0.4, 0.5) is 0 Å². The lowest BCUT2D eigenvalue weighted by atomic mass is 9.79. The van der Waals surface area contributed by atoms with Crippen molar-refractivity contribution in [2.75, 3.05) is 0 Å². The van der Waals surface area contributed by atoms with Gasteiger partial charge in [0, 0.05) is 3.57 Å². The first kappa shape index (κ1) is 13.1. The Labute approximate surface area is 127 Å². The number of halogens is 1. The van der Waals surface area contributed by atoms with E-state index >= 15 is 0 Å². The van der Waals surface area contributed by atoms with Crippen molar-refractivity contribution in [3.63, 3.8) is 0 Å². The van der Waals surface area contributed by atoms with E-state index in [9.17, 15) is 5.11 Å². The molecule has 0 heterocycles. The summed E-state index contributed by atoms with van der Waals surface area (Å²) in [6.45, 7) is 0. The van der Waals surface area contributed by atoms with Crippen LogP contribution in [-0.4, -0.2) is 5.11 Å². The molecule has 2 heteroatoms. The van der Waals surface area contributed by atoms with Crippen LogP contribution in [0.2, 0.25) is 0 Å². The van der Waals surface area contributed by atoms with Gasteiger partial charge in [0.1, 0.15) is 6.10 Å². The molecule has 0 amide bonds. The van der Waals surface area contributed by atoms with Crippen molar-refractivity contribution in [1.29, 1.82) is 0 Å². The topological polar surface area (TPSA) is 20.2 Å². The fourth-order valence-electron chi connectivity index (χ4n) is 2.56. The highest BCUT2D eigenvalue weighted by atomic mass is 127. The average molecular weight is 364 g/mol. The summed E-state index contributed by atoms with van der Waals surface area (Å²) < 4.78 is 1.19. The third-order valence-corrected chi connectivity index (χ3v) is 4.71. The number of hydrogen-bond acceptors (Lipinski definition) is 1. The molecule has 1 unspecified atom stereocenters. The highest BCUT2D eigenvalue weighted by molar-refractivity contribution is 14.1. The molecule has 1 aliphatic carbocycles. The molecule has 0 aliphatic heterocycles. The van der Waals surface area contributed by atoms with E-state index in [4.69, 9.17) is 0 Å². The number of benzene rings is 2. The SMILES string of the molecule is OC(c1ccc(I)cc1)c1cccc(C2CCC2)c1. The summed E-state index contributed by atoms with van der Waals surface area (Å²) in [5.74, 6) is 0.712. The van der Waals surface area contributed by atoms with Crippen LogP contribution in [0, 0.1) is 3.57 Å². The molecule has 3 rings (SSSR count). The summed E-state index contributed by atoms with van der Waals surface area (Å²) in [7, 11) is 0. The van der Waals surface area contributed by atoms with E-state index < -0.39 is 6.10 Å². The van der Waals surface area contributed by atoms with E-state index in [0.29, 0.717) is 5.92 Å². The van der Waals surface area contributed by atoms with Gasteiger partial charge in [-0.3, -0.25) is 0 Å². The van der Waals surface area contributed by atoms with Gasteiger partial charge in [-0.15, -0.1) is 0 Å². The lowest BCUT2D eigenvalue weighted by molar-refractivity contribution is 0.220. The van der Waals surface area contributed by atoms with Gasteiger partial charge in [0.25, 0.3) is 0 Å². The Bertz CT molecular complexity index is 558. The Kier molecular flexibility index (Phi) is 3.89. The first-order valence-corrected chi connectivity index (χ1v) is 7.85. The second-order valence-corrected chi connectivity index (χ2v) is 6.50. The molecule has 1 saturated carbocycles. The Hall–Kier alpha value is -0.870. The van der Waals surface area contributed by atoms with Gasteiger partial charge in [-0.1, -0.05) is 42.8 Å². The van der Waals surface area contributed by atoms with Crippen molar-refractivity contribution < 1.29 is 5.11 Å². The molecule has 0 aromatic heterocycles. The molecule has 2 aromatic carbocycles. The first-order chi connectivity index (χ1) is 9.24. The Morgan fingerprint density at radius 2 is 1.74 bits per heavy atom. The minimum Gasteiger partial charge on any atom is -0.384 e. The summed E-state index contributed by atoms with van der Waals surface area (Å²) in [5.41, 5.74) is 3.35. The first-order valence-electron chi connectivity index (χ1n) is 6.77. The molecule has 1 aliphatic rings. The zero-order valence-electron chi connectivity index (χ0n) is 10.7. The molecule has 0 saturated heterocycles. The van der Waals surface area contributed by atoms with Crippen molar-refractivity contribution in [2.45, 2.75) is 31.3 Å². The van der Waals surface area contributed by atoms with E-state index in [2.05, 4.69) is 40.8 Å². The van der Waals surface area contributed by atoms with Gasteiger partial charge < -0.3 is 5.11 Å². The molecule has 0 spiro atoms. The molecule has 1 N–H and O–H groups in total. The zero-order valence-corrected chi connectivity index (χ0v) is 12.9. The summed E-state index contributed by atoms with van der Waals surface area (Å²) in [5, 5.41) is 10.5. The molecule has 0 bridgehead atoms. The lowest BCUT2D eigenvalue weighted by Gasteiger charge is -2.26. The fourth-order valence-corrected chi connectivity index (χ4v) is 2.92. The highest BCUT2D eigenvalue weighted by Crippen LogP contribution is 2.37. The molecule has 1 fully saturated rings. The van der Waals surface area contributed by atoms with Gasteiger partial charge in [-0.05, 0) is 70.2 Å². The molecule has 98 valence electrons. The quantitative estimate of drug-likeness (QED) is 0.787. The Morgan fingerprint density at radius 3 is 2.37 bits per heavy atom. The van der Waals surface area contributed by atoms with Gasteiger partial charge in [-0.2, -0.15) is 0 Å². The van der Waals surface area contributed by atoms with Crippen LogP contribution in [0.25, 0.3) is 0 Å². The second-order valence-electron chi connectivity index (χ2n) is 5.25. The number of rotatable bonds is 3. The maximum absolute atomic E-state index is 10.5. The molecule has 1 atom stereocenters. The zero-order chi connectivity index (χ0) is 13.2. The largest absolute Gasteiger partial charge is 0.384 e. The molecule has 2 aromatic rings. The van der Waals surface area contributed by atoms with Crippen molar-refractivity contribution >= 4 is 22.6 Å². The second kappa shape index (κ2) is 5.63. The van der Waals surface area contributed by atoms with Gasteiger partial charge in [0.05, 0.1) is 0 Å². The molecule has 19 heavy (non-hydrogen) atoms. The van der Waals surface area contributed by atoms with E-state index in [0.717, 1.165) is 11.1 Å². The number of aliphatic hydroxyl groups is 1. The minimum atomic E-state index is -0.517. The van der Waals surface area contributed by atoms with Crippen LogP contribution in [0.5, 0.6) is 0 Å². The van der Waals surface area contributed by atoms with E-state index in [-0.39, 0.29) is 0 Å². The molecular weight excluding hydrogens is 347 g/mol. The summed E-state index contributed by atoms with van der Waals surface area (Å²) in [6, 6.07) is 16.5. The maximum atomic E-state index is 10.5. The van der Waals surface area contributed by atoms with Crippen LogP contribution in [0.1, 0.15) is 48.0 Å². The van der Waals surface area contributed by atoms with Crippen molar-refractivity contribution in [2.24, 2.45) is 0 Å². The predicted molar refractivity (Wildman–Crippen MR) is 86.3 cm³/mol. The van der Waals surface area contributed by atoms with Gasteiger partial charge in [-0.25, -0.2) is 0 Å². The van der Waals surface area contributed by atoms with Crippen molar-refractivity contribution in [3.05, 3.63) is 68.8 Å². The lowest BCUT2D eigenvalue weighted by Crippen LogP contribution is -2.09. The van der Waals surface area contributed by atoms with Crippen LogP contribution >= 0.6 is 22.6 Å². The van der Waals surface area contributed by atoms with Crippen molar-refractivity contribution in [1.82, 2.24) is 0 Å². The van der Waals surface area contributed by atoms with Crippen molar-refractivity contribution in [3.8, 4) is 0 Å². The maximum Gasteiger partial charge on any atom is 0.104 e. The highest BCUT2D eigenvalue weighted by Gasteiger charge is 2.20. The van der Waals surface area contributed by atoms with E-state index in [1.165, 1.54) is 28.4 Å². The van der Waals surface area contributed by atoms with E-state index in [1.807, 2.05) is 30.3 Å². The number of aliphatic hydroxyl groups excluding tert-OH is 1. The summed E-state index contributed by atoms with van der Waals surface area (Å²) >= 11 is 2.28. The molecule has 0 radical (unpaired) electrons. The minimum absolute atomic E-state index is 0.517. The average Bonchev–Trinajstić information content (AvgIpc) is 2.37. The number of hydrogen-bond donors (Lipinski definition) is 1.